The Labute approximate surface area is 144 Å². The van der Waals surface area contributed by atoms with E-state index in [0.29, 0.717) is 19.0 Å². The standard InChI is InChI=1S/C17H33F3N4/c1-3-4-5-6-10-22-16(21-2)23-11-7-15-8-12-24(13-9-15)14-17(18,19)20/h15H,3-14H2,1-2H3,(H2,21,22,23). The fourth-order valence-electron chi connectivity index (χ4n) is 3.06. The summed E-state index contributed by atoms with van der Waals surface area (Å²) in [5.41, 5.74) is 0. The van der Waals surface area contributed by atoms with E-state index in [1.54, 1.807) is 7.05 Å². The highest BCUT2D eigenvalue weighted by Gasteiger charge is 2.32. The molecule has 1 aliphatic rings. The highest BCUT2D eigenvalue weighted by atomic mass is 19.4. The van der Waals surface area contributed by atoms with Gasteiger partial charge in [-0.05, 0) is 44.7 Å². The molecule has 0 atom stereocenters. The molecule has 0 bridgehead atoms. The zero-order valence-corrected chi connectivity index (χ0v) is 15.1. The van der Waals surface area contributed by atoms with Crippen LogP contribution in [0, 0.1) is 5.92 Å². The number of halogens is 3. The fourth-order valence-corrected chi connectivity index (χ4v) is 3.06. The van der Waals surface area contributed by atoms with Gasteiger partial charge in [0.2, 0.25) is 0 Å². The molecule has 0 unspecified atom stereocenters. The van der Waals surface area contributed by atoms with Crippen molar-refractivity contribution in [3.8, 4) is 0 Å². The molecule has 0 saturated carbocycles. The highest BCUT2D eigenvalue weighted by Crippen LogP contribution is 2.23. The molecule has 0 amide bonds. The van der Waals surface area contributed by atoms with Crippen LogP contribution in [0.1, 0.15) is 51.9 Å². The third-order valence-corrected chi connectivity index (χ3v) is 4.50. The molecule has 0 spiro atoms. The predicted octanol–water partition coefficient (Wildman–Crippen LogP) is 3.40. The zero-order valence-electron chi connectivity index (χ0n) is 15.1. The minimum atomic E-state index is -4.08. The lowest BCUT2D eigenvalue weighted by molar-refractivity contribution is -0.148. The summed E-state index contributed by atoms with van der Waals surface area (Å²) in [4.78, 5) is 5.72. The van der Waals surface area contributed by atoms with Gasteiger partial charge in [-0.15, -0.1) is 0 Å². The third kappa shape index (κ3) is 10.0. The van der Waals surface area contributed by atoms with Crippen LogP contribution >= 0.6 is 0 Å². The van der Waals surface area contributed by atoms with Gasteiger partial charge in [-0.25, -0.2) is 0 Å². The van der Waals surface area contributed by atoms with Crippen molar-refractivity contribution in [2.45, 2.75) is 58.0 Å². The summed E-state index contributed by atoms with van der Waals surface area (Å²) in [6.07, 6.45) is 3.47. The smallest absolute Gasteiger partial charge is 0.356 e. The average Bonchev–Trinajstić information content (AvgIpc) is 2.53. The van der Waals surface area contributed by atoms with Gasteiger partial charge in [0.1, 0.15) is 0 Å². The molecule has 1 fully saturated rings. The van der Waals surface area contributed by atoms with Crippen molar-refractivity contribution < 1.29 is 13.2 Å². The summed E-state index contributed by atoms with van der Waals surface area (Å²) < 4.78 is 37.1. The van der Waals surface area contributed by atoms with Gasteiger partial charge in [-0.2, -0.15) is 13.2 Å². The molecule has 1 rings (SSSR count). The van der Waals surface area contributed by atoms with E-state index >= 15 is 0 Å². The summed E-state index contributed by atoms with van der Waals surface area (Å²) in [6.45, 7) is 4.27. The van der Waals surface area contributed by atoms with E-state index in [9.17, 15) is 13.2 Å². The van der Waals surface area contributed by atoms with Crippen LogP contribution < -0.4 is 10.6 Å². The molecule has 0 aromatic rings. The first-order chi connectivity index (χ1) is 11.4. The van der Waals surface area contributed by atoms with Crippen LogP contribution in [0.5, 0.6) is 0 Å². The maximum Gasteiger partial charge on any atom is 0.401 e. The van der Waals surface area contributed by atoms with Crippen molar-refractivity contribution >= 4 is 5.96 Å². The topological polar surface area (TPSA) is 39.7 Å². The van der Waals surface area contributed by atoms with Gasteiger partial charge in [-0.3, -0.25) is 9.89 Å². The van der Waals surface area contributed by atoms with E-state index in [4.69, 9.17) is 0 Å². The number of likely N-dealkylation sites (tertiary alicyclic amines) is 1. The Hall–Kier alpha value is -0.980. The molecular weight excluding hydrogens is 317 g/mol. The molecule has 1 aliphatic heterocycles. The Bertz CT molecular complexity index is 350. The largest absolute Gasteiger partial charge is 0.401 e. The van der Waals surface area contributed by atoms with Gasteiger partial charge in [-0.1, -0.05) is 26.2 Å². The van der Waals surface area contributed by atoms with Crippen LogP contribution in [0.3, 0.4) is 0 Å². The highest BCUT2D eigenvalue weighted by molar-refractivity contribution is 5.79. The third-order valence-electron chi connectivity index (χ3n) is 4.50. The summed E-state index contributed by atoms with van der Waals surface area (Å²) in [6, 6.07) is 0. The lowest BCUT2D eigenvalue weighted by Crippen LogP contribution is -2.41. The van der Waals surface area contributed by atoms with Crippen molar-refractivity contribution in [1.82, 2.24) is 15.5 Å². The van der Waals surface area contributed by atoms with Crippen LogP contribution in [0.15, 0.2) is 4.99 Å². The normalized spacial score (nSPS) is 18.0. The van der Waals surface area contributed by atoms with Crippen LogP contribution in [-0.2, 0) is 0 Å². The maximum atomic E-state index is 12.4. The van der Waals surface area contributed by atoms with Crippen molar-refractivity contribution in [2.24, 2.45) is 10.9 Å². The van der Waals surface area contributed by atoms with Crippen LogP contribution in [0.2, 0.25) is 0 Å². The number of hydrogen-bond donors (Lipinski definition) is 2. The first-order valence-corrected chi connectivity index (χ1v) is 9.18. The molecular formula is C17H33F3N4. The number of nitrogens with zero attached hydrogens (tertiary/aromatic N) is 2. The molecule has 0 aromatic heterocycles. The predicted molar refractivity (Wildman–Crippen MR) is 93.3 cm³/mol. The van der Waals surface area contributed by atoms with Gasteiger partial charge in [0.05, 0.1) is 6.54 Å². The number of hydrogen-bond acceptors (Lipinski definition) is 2. The van der Waals surface area contributed by atoms with E-state index in [1.165, 1.54) is 24.2 Å². The second kappa shape index (κ2) is 11.6. The van der Waals surface area contributed by atoms with E-state index < -0.39 is 12.7 Å². The molecule has 1 heterocycles. The molecule has 24 heavy (non-hydrogen) atoms. The number of aliphatic imine (C=N–C) groups is 1. The van der Waals surface area contributed by atoms with Crippen molar-refractivity contribution in [3.63, 3.8) is 0 Å². The lowest BCUT2D eigenvalue weighted by atomic mass is 9.93. The van der Waals surface area contributed by atoms with Gasteiger partial charge < -0.3 is 10.6 Å². The zero-order chi connectivity index (χ0) is 17.8. The second-order valence-corrected chi connectivity index (χ2v) is 6.61. The van der Waals surface area contributed by atoms with Crippen LogP contribution in [0.25, 0.3) is 0 Å². The molecule has 0 aromatic carbocycles. The summed E-state index contributed by atoms with van der Waals surface area (Å²) >= 11 is 0. The number of guanidine groups is 1. The Morgan fingerprint density at radius 2 is 1.75 bits per heavy atom. The van der Waals surface area contributed by atoms with E-state index in [-0.39, 0.29) is 0 Å². The number of alkyl halides is 3. The number of rotatable bonds is 9. The van der Waals surface area contributed by atoms with Gasteiger partial charge in [0, 0.05) is 20.1 Å². The lowest BCUT2D eigenvalue weighted by Gasteiger charge is -2.32. The van der Waals surface area contributed by atoms with Crippen molar-refractivity contribution in [1.29, 1.82) is 0 Å². The monoisotopic (exact) mass is 350 g/mol. The first-order valence-electron chi connectivity index (χ1n) is 9.18. The van der Waals surface area contributed by atoms with Gasteiger partial charge in [0.15, 0.2) is 5.96 Å². The average molecular weight is 350 g/mol. The summed E-state index contributed by atoms with van der Waals surface area (Å²) in [7, 11) is 1.76. The minimum Gasteiger partial charge on any atom is -0.356 e. The Kier molecular flexibility index (Phi) is 10.1. The van der Waals surface area contributed by atoms with E-state index in [0.717, 1.165) is 44.7 Å². The molecule has 7 heteroatoms. The van der Waals surface area contributed by atoms with E-state index in [2.05, 4.69) is 22.5 Å². The van der Waals surface area contributed by atoms with Crippen LogP contribution in [0.4, 0.5) is 13.2 Å². The summed E-state index contributed by atoms with van der Waals surface area (Å²) in [5, 5.41) is 6.61. The SMILES string of the molecule is CCCCCCNC(=NC)NCCC1CCN(CC(F)(F)F)CC1. The fraction of sp³-hybridized carbons (Fsp3) is 0.941. The molecule has 4 nitrogen and oxygen atoms in total. The Morgan fingerprint density at radius 3 is 2.33 bits per heavy atom. The number of unbranched alkanes of at least 4 members (excludes halogenated alkanes) is 3. The number of piperidine rings is 1. The van der Waals surface area contributed by atoms with Crippen molar-refractivity contribution in [3.05, 3.63) is 0 Å². The van der Waals surface area contributed by atoms with Crippen molar-refractivity contribution in [2.75, 3.05) is 39.8 Å². The Morgan fingerprint density at radius 1 is 1.08 bits per heavy atom. The Balaban J connectivity index is 2.10. The second-order valence-electron chi connectivity index (χ2n) is 6.61. The van der Waals surface area contributed by atoms with Crippen LogP contribution in [-0.4, -0.2) is 56.8 Å². The molecule has 142 valence electrons. The van der Waals surface area contributed by atoms with Gasteiger partial charge >= 0.3 is 6.18 Å². The quantitative estimate of drug-likeness (QED) is 0.380. The van der Waals surface area contributed by atoms with E-state index in [1.807, 2.05) is 0 Å². The number of nitrogens with one attached hydrogen (secondary N) is 2. The first kappa shape index (κ1) is 21.1. The molecule has 0 radical (unpaired) electrons. The van der Waals surface area contributed by atoms with Gasteiger partial charge in [0.25, 0.3) is 0 Å². The maximum absolute atomic E-state index is 12.4. The minimum absolute atomic E-state index is 0.504. The molecule has 2 N–H and O–H groups in total. The molecule has 0 aliphatic carbocycles. The summed E-state index contributed by atoms with van der Waals surface area (Å²) in [5.74, 6) is 1.32. The molecule has 1 saturated heterocycles.